The molecule has 1 aliphatic rings. The second kappa shape index (κ2) is 16.6. The van der Waals surface area contributed by atoms with Gasteiger partial charge in [0.15, 0.2) is 0 Å². The van der Waals surface area contributed by atoms with Crippen LogP contribution in [0.15, 0.2) is 0 Å². The maximum Gasteiger partial charge on any atom is 0.308 e. The summed E-state index contributed by atoms with van der Waals surface area (Å²) >= 11 is 0. The number of ether oxygens (including phenoxy) is 1. The largest absolute Gasteiger partial charge is 0.469 e. The number of aliphatic hydroxyl groups excluding tert-OH is 3. The molecule has 13 nitrogen and oxygen atoms in total. The number of nitrogens with zero attached hydrogens (tertiary/aromatic N) is 2. The van der Waals surface area contributed by atoms with E-state index in [1.165, 1.54) is 37.8 Å². The molecule has 13 heteroatoms. The number of hydrogen-bond acceptors (Lipinski definition) is 9. The van der Waals surface area contributed by atoms with Crippen LogP contribution >= 0.6 is 0 Å². The van der Waals surface area contributed by atoms with Gasteiger partial charge in [0.05, 0.1) is 31.8 Å². The highest BCUT2D eigenvalue weighted by molar-refractivity contribution is 5.95. The van der Waals surface area contributed by atoms with Gasteiger partial charge in [-0.25, -0.2) is 0 Å². The van der Waals surface area contributed by atoms with E-state index in [-0.39, 0.29) is 24.7 Å². The summed E-state index contributed by atoms with van der Waals surface area (Å²) in [5.74, 6) is -3.38. The van der Waals surface area contributed by atoms with E-state index >= 15 is 0 Å². The summed E-state index contributed by atoms with van der Waals surface area (Å²) in [5.41, 5.74) is 0. The summed E-state index contributed by atoms with van der Waals surface area (Å²) in [6.07, 6.45) is -2.43. The second-order valence-electron chi connectivity index (χ2n) is 11.5. The molecular weight excluding hydrogens is 536 g/mol. The van der Waals surface area contributed by atoms with Gasteiger partial charge in [-0.2, -0.15) is 0 Å². The van der Waals surface area contributed by atoms with E-state index in [1.807, 2.05) is 20.8 Å². The first kappa shape index (κ1) is 36.3. The minimum absolute atomic E-state index is 0.0261. The Hall–Kier alpha value is -2.77. The van der Waals surface area contributed by atoms with Gasteiger partial charge >= 0.3 is 5.97 Å². The number of likely N-dealkylation sites (N-methyl/N-ethyl adjacent to an activating group) is 1. The molecule has 0 aromatic heterocycles. The third-order valence-corrected chi connectivity index (χ3v) is 7.64. The summed E-state index contributed by atoms with van der Waals surface area (Å²) < 4.78 is 4.62. The van der Waals surface area contributed by atoms with Crippen LogP contribution in [0.3, 0.4) is 0 Å². The number of nitrogens with one attached hydrogen (secondary N) is 2. The van der Waals surface area contributed by atoms with E-state index in [9.17, 15) is 39.3 Å². The molecular formula is C28H50N4O9. The van der Waals surface area contributed by atoms with Gasteiger partial charge in [-0.3, -0.25) is 24.0 Å². The van der Waals surface area contributed by atoms with Crippen LogP contribution in [-0.2, 0) is 28.7 Å². The van der Waals surface area contributed by atoms with Gasteiger partial charge in [0.1, 0.15) is 24.2 Å². The predicted molar refractivity (Wildman–Crippen MR) is 150 cm³/mol. The Kier molecular flexibility index (Phi) is 14.7. The van der Waals surface area contributed by atoms with Crippen molar-refractivity contribution in [2.24, 2.45) is 11.8 Å². The number of amides is 4. The SMILES string of the molecule is CC[C@H](C)[C@@H](NC(=O)[C@@H](NC(=O)[C@@H](CC(C)C)N(C)C(=O)[C@@H]1CCCN1C(=O)[C@H](C)O)[C@@H](C)O)[C@@H](O)CC(=O)OC. The van der Waals surface area contributed by atoms with Crippen molar-refractivity contribution in [1.29, 1.82) is 0 Å². The summed E-state index contributed by atoms with van der Waals surface area (Å²) in [7, 11) is 2.65. The summed E-state index contributed by atoms with van der Waals surface area (Å²) in [6, 6.07) is -4.12. The monoisotopic (exact) mass is 586 g/mol. The number of aliphatic hydroxyl groups is 3. The zero-order chi connectivity index (χ0) is 31.6. The molecule has 1 aliphatic heterocycles. The van der Waals surface area contributed by atoms with E-state index in [1.54, 1.807) is 6.92 Å². The molecule has 1 heterocycles. The van der Waals surface area contributed by atoms with Crippen molar-refractivity contribution in [3.05, 3.63) is 0 Å². The summed E-state index contributed by atoms with van der Waals surface area (Å²) in [4.78, 5) is 67.1. The lowest BCUT2D eigenvalue weighted by atomic mass is 9.92. The van der Waals surface area contributed by atoms with Crippen molar-refractivity contribution < 1.29 is 44.0 Å². The molecule has 1 saturated heterocycles. The lowest BCUT2D eigenvalue weighted by Gasteiger charge is -2.35. The van der Waals surface area contributed by atoms with Gasteiger partial charge in [0, 0.05) is 13.6 Å². The van der Waals surface area contributed by atoms with Crippen LogP contribution in [0.2, 0.25) is 0 Å². The number of carbonyl (C=O) groups excluding carboxylic acids is 5. The van der Waals surface area contributed by atoms with Crippen LogP contribution in [0.25, 0.3) is 0 Å². The van der Waals surface area contributed by atoms with Crippen molar-refractivity contribution in [3.8, 4) is 0 Å². The van der Waals surface area contributed by atoms with Crippen LogP contribution < -0.4 is 10.6 Å². The van der Waals surface area contributed by atoms with Gasteiger partial charge in [-0.15, -0.1) is 0 Å². The molecule has 41 heavy (non-hydrogen) atoms. The number of rotatable bonds is 15. The van der Waals surface area contributed by atoms with E-state index < -0.39 is 72.1 Å². The predicted octanol–water partition coefficient (Wildman–Crippen LogP) is -0.448. The van der Waals surface area contributed by atoms with Gasteiger partial charge in [0.2, 0.25) is 17.7 Å². The highest BCUT2D eigenvalue weighted by atomic mass is 16.5. The Morgan fingerprint density at radius 3 is 2.10 bits per heavy atom. The minimum Gasteiger partial charge on any atom is -0.469 e. The van der Waals surface area contributed by atoms with Gasteiger partial charge in [-0.1, -0.05) is 34.1 Å². The zero-order valence-corrected chi connectivity index (χ0v) is 25.6. The van der Waals surface area contributed by atoms with Crippen LogP contribution in [0.4, 0.5) is 0 Å². The summed E-state index contributed by atoms with van der Waals surface area (Å²) in [5, 5.41) is 36.1. The smallest absolute Gasteiger partial charge is 0.308 e. The van der Waals surface area contributed by atoms with Crippen molar-refractivity contribution in [2.75, 3.05) is 20.7 Å². The fourth-order valence-corrected chi connectivity index (χ4v) is 4.96. The van der Waals surface area contributed by atoms with Crippen molar-refractivity contribution in [3.63, 3.8) is 0 Å². The van der Waals surface area contributed by atoms with E-state index in [0.717, 1.165) is 0 Å². The summed E-state index contributed by atoms with van der Waals surface area (Å²) in [6.45, 7) is 10.4. The van der Waals surface area contributed by atoms with E-state index in [0.29, 0.717) is 25.8 Å². The van der Waals surface area contributed by atoms with Crippen LogP contribution in [0.1, 0.15) is 73.6 Å². The quantitative estimate of drug-likeness (QED) is 0.159. The first-order valence-electron chi connectivity index (χ1n) is 14.4. The molecule has 0 unspecified atom stereocenters. The molecule has 0 aliphatic carbocycles. The molecule has 0 radical (unpaired) electrons. The maximum atomic E-state index is 13.5. The first-order valence-corrected chi connectivity index (χ1v) is 14.4. The Morgan fingerprint density at radius 2 is 1.61 bits per heavy atom. The lowest BCUT2D eigenvalue weighted by Crippen LogP contribution is -2.61. The normalized spacial score (nSPS) is 20.3. The third kappa shape index (κ3) is 10.2. The average Bonchev–Trinajstić information content (AvgIpc) is 3.40. The van der Waals surface area contributed by atoms with Crippen molar-refractivity contribution in [2.45, 2.75) is 116 Å². The standard InChI is InChI=1S/C28H50N4O9/c1-9-16(4)23(21(35)14-22(36)41-8)29-26(38)24(17(5)33)30-25(37)20(13-15(2)3)31(7)28(40)19-11-10-12-32(19)27(39)18(6)34/h15-21,23-24,33-35H,9-14H2,1-8H3,(H,29,38)(H,30,37)/t16-,17+,18-,19-,20+,21-,23+,24-/m0/s1. The Bertz CT molecular complexity index is 911. The minimum atomic E-state index is -1.42. The molecule has 4 amide bonds. The molecule has 0 aromatic carbocycles. The number of esters is 1. The average molecular weight is 587 g/mol. The fourth-order valence-electron chi connectivity index (χ4n) is 4.96. The Balaban J connectivity index is 3.17. The van der Waals surface area contributed by atoms with Crippen molar-refractivity contribution in [1.82, 2.24) is 20.4 Å². The molecule has 0 bridgehead atoms. The van der Waals surface area contributed by atoms with Gasteiger partial charge < -0.3 is 40.5 Å². The molecule has 236 valence electrons. The van der Waals surface area contributed by atoms with Gasteiger partial charge in [-0.05, 0) is 44.9 Å². The molecule has 5 N–H and O–H groups in total. The van der Waals surface area contributed by atoms with Crippen molar-refractivity contribution >= 4 is 29.6 Å². The maximum absolute atomic E-state index is 13.5. The van der Waals surface area contributed by atoms with Crippen LogP contribution in [0, 0.1) is 11.8 Å². The third-order valence-electron chi connectivity index (χ3n) is 7.64. The topological polar surface area (TPSA) is 186 Å². The second-order valence-corrected chi connectivity index (χ2v) is 11.5. The number of carbonyl (C=O) groups is 5. The van der Waals surface area contributed by atoms with Crippen LogP contribution in [-0.4, -0.2) is 118 Å². The van der Waals surface area contributed by atoms with E-state index in [4.69, 9.17) is 0 Å². The van der Waals surface area contributed by atoms with Crippen LogP contribution in [0.5, 0.6) is 0 Å². The van der Waals surface area contributed by atoms with Gasteiger partial charge in [0.25, 0.3) is 5.91 Å². The lowest BCUT2D eigenvalue weighted by molar-refractivity contribution is -0.150. The highest BCUT2D eigenvalue weighted by Gasteiger charge is 2.41. The molecule has 1 fully saturated rings. The Labute approximate surface area is 243 Å². The van der Waals surface area contributed by atoms with E-state index in [2.05, 4.69) is 15.4 Å². The highest BCUT2D eigenvalue weighted by Crippen LogP contribution is 2.23. The molecule has 8 atom stereocenters. The fraction of sp³-hybridized carbons (Fsp3) is 0.821. The zero-order valence-electron chi connectivity index (χ0n) is 25.6. The molecule has 0 spiro atoms. The molecule has 0 saturated carbocycles. The Morgan fingerprint density at radius 1 is 1.00 bits per heavy atom. The number of methoxy groups -OCH3 is 1. The molecule has 0 aromatic rings. The number of likely N-dealkylation sites (tertiary alicyclic amines) is 1. The number of hydrogen-bond donors (Lipinski definition) is 5. The molecule has 1 rings (SSSR count). The first-order chi connectivity index (χ1) is 19.1.